The molecule has 1 aliphatic heterocycles. The van der Waals surface area contributed by atoms with Gasteiger partial charge in [0.1, 0.15) is 0 Å². The molecule has 0 unspecified atom stereocenters. The predicted octanol–water partition coefficient (Wildman–Crippen LogP) is 0.546. The zero-order chi connectivity index (χ0) is 11.8. The number of pyridine rings is 1. The van der Waals surface area contributed by atoms with Gasteiger partial charge in [-0.25, -0.2) is 0 Å². The van der Waals surface area contributed by atoms with Gasteiger partial charge in [0.05, 0.1) is 13.2 Å². The normalized spacial score (nSPS) is 17.2. The SMILES string of the molecule is c1ccc(CCOCCN2CCNCC2)nc1. The molecule has 0 bridgehead atoms. The van der Waals surface area contributed by atoms with Gasteiger partial charge in [-0.15, -0.1) is 0 Å². The molecule has 1 aromatic rings. The summed E-state index contributed by atoms with van der Waals surface area (Å²) in [5, 5.41) is 3.35. The van der Waals surface area contributed by atoms with E-state index in [0.29, 0.717) is 0 Å². The van der Waals surface area contributed by atoms with Crippen molar-refractivity contribution in [1.82, 2.24) is 15.2 Å². The van der Waals surface area contributed by atoms with Gasteiger partial charge in [0.25, 0.3) is 0 Å². The largest absolute Gasteiger partial charge is 0.380 e. The van der Waals surface area contributed by atoms with Crippen molar-refractivity contribution in [1.29, 1.82) is 0 Å². The molecule has 0 aliphatic carbocycles. The van der Waals surface area contributed by atoms with Crippen LogP contribution in [0.5, 0.6) is 0 Å². The van der Waals surface area contributed by atoms with E-state index in [1.165, 1.54) is 0 Å². The first-order chi connectivity index (χ1) is 8.45. The van der Waals surface area contributed by atoms with Gasteiger partial charge in [-0.05, 0) is 12.1 Å². The van der Waals surface area contributed by atoms with E-state index >= 15 is 0 Å². The molecule has 2 rings (SSSR count). The van der Waals surface area contributed by atoms with Crippen molar-refractivity contribution in [3.8, 4) is 0 Å². The molecule has 4 heteroatoms. The minimum atomic E-state index is 0.767. The third-order valence-electron chi connectivity index (χ3n) is 2.99. The molecule has 0 atom stereocenters. The highest BCUT2D eigenvalue weighted by Crippen LogP contribution is 1.96. The third kappa shape index (κ3) is 4.81. The minimum absolute atomic E-state index is 0.767. The molecule has 1 saturated heterocycles. The molecule has 4 nitrogen and oxygen atoms in total. The zero-order valence-electron chi connectivity index (χ0n) is 10.3. The number of ether oxygens (including phenoxy) is 1. The van der Waals surface area contributed by atoms with Crippen LogP contribution in [0.2, 0.25) is 0 Å². The van der Waals surface area contributed by atoms with Crippen molar-refractivity contribution < 1.29 is 4.74 Å². The van der Waals surface area contributed by atoms with E-state index in [1.807, 2.05) is 24.4 Å². The molecule has 1 aliphatic rings. The van der Waals surface area contributed by atoms with Crippen LogP contribution >= 0.6 is 0 Å². The van der Waals surface area contributed by atoms with E-state index in [2.05, 4.69) is 15.2 Å². The first-order valence-corrected chi connectivity index (χ1v) is 6.36. The monoisotopic (exact) mass is 235 g/mol. The second-order valence-corrected chi connectivity index (χ2v) is 4.28. The summed E-state index contributed by atoms with van der Waals surface area (Å²) in [6, 6.07) is 6.00. The molecule has 1 fully saturated rings. The molecule has 0 amide bonds. The van der Waals surface area contributed by atoms with Gasteiger partial charge in [-0.3, -0.25) is 9.88 Å². The maximum atomic E-state index is 5.64. The van der Waals surface area contributed by atoms with Crippen LogP contribution in [0.3, 0.4) is 0 Å². The van der Waals surface area contributed by atoms with Gasteiger partial charge in [-0.2, -0.15) is 0 Å². The standard InChI is InChI=1S/C13H21N3O/c1-2-5-15-13(3-1)4-11-17-12-10-16-8-6-14-7-9-16/h1-3,5,14H,4,6-12H2. The number of rotatable bonds is 6. The Morgan fingerprint density at radius 2 is 2.12 bits per heavy atom. The summed E-state index contributed by atoms with van der Waals surface area (Å²) >= 11 is 0. The van der Waals surface area contributed by atoms with Crippen molar-refractivity contribution >= 4 is 0 Å². The molecular formula is C13H21N3O. The highest BCUT2D eigenvalue weighted by atomic mass is 16.5. The fourth-order valence-electron chi connectivity index (χ4n) is 1.95. The predicted molar refractivity (Wildman–Crippen MR) is 68.1 cm³/mol. The van der Waals surface area contributed by atoms with Crippen molar-refractivity contribution in [2.75, 3.05) is 45.9 Å². The number of nitrogens with zero attached hydrogens (tertiary/aromatic N) is 2. The number of hydrogen-bond donors (Lipinski definition) is 1. The van der Waals surface area contributed by atoms with Gasteiger partial charge in [-0.1, -0.05) is 6.07 Å². The Balaban J connectivity index is 1.51. The Morgan fingerprint density at radius 3 is 2.88 bits per heavy atom. The number of nitrogens with one attached hydrogen (secondary N) is 1. The summed E-state index contributed by atoms with van der Waals surface area (Å²) < 4.78 is 5.64. The lowest BCUT2D eigenvalue weighted by Gasteiger charge is -2.26. The van der Waals surface area contributed by atoms with Crippen LogP contribution in [-0.2, 0) is 11.2 Å². The van der Waals surface area contributed by atoms with Crippen molar-refractivity contribution in [2.24, 2.45) is 0 Å². The summed E-state index contributed by atoms with van der Waals surface area (Å²) in [6.45, 7) is 7.13. The lowest BCUT2D eigenvalue weighted by molar-refractivity contribution is 0.101. The molecule has 94 valence electrons. The number of hydrogen-bond acceptors (Lipinski definition) is 4. The molecule has 1 aromatic heterocycles. The summed E-state index contributed by atoms with van der Waals surface area (Å²) in [4.78, 5) is 6.71. The topological polar surface area (TPSA) is 37.4 Å². The Bertz CT molecular complexity index is 299. The molecule has 17 heavy (non-hydrogen) atoms. The number of piperazine rings is 1. The first kappa shape index (κ1) is 12.5. The van der Waals surface area contributed by atoms with E-state index in [0.717, 1.165) is 58.1 Å². The van der Waals surface area contributed by atoms with E-state index in [9.17, 15) is 0 Å². The molecule has 0 spiro atoms. The maximum Gasteiger partial charge on any atom is 0.0593 e. The molecule has 0 aromatic carbocycles. The molecule has 1 N–H and O–H groups in total. The van der Waals surface area contributed by atoms with Crippen LogP contribution in [-0.4, -0.2) is 55.8 Å². The average Bonchev–Trinajstić information content (AvgIpc) is 2.41. The quantitative estimate of drug-likeness (QED) is 0.731. The van der Waals surface area contributed by atoms with Crippen LogP contribution in [0.15, 0.2) is 24.4 Å². The average molecular weight is 235 g/mol. The van der Waals surface area contributed by atoms with Gasteiger partial charge in [0.15, 0.2) is 0 Å². The van der Waals surface area contributed by atoms with Gasteiger partial charge < -0.3 is 10.1 Å². The van der Waals surface area contributed by atoms with Crippen LogP contribution in [0.4, 0.5) is 0 Å². The van der Waals surface area contributed by atoms with Crippen LogP contribution in [0.1, 0.15) is 5.69 Å². The minimum Gasteiger partial charge on any atom is -0.380 e. The zero-order valence-corrected chi connectivity index (χ0v) is 10.3. The second kappa shape index (κ2) is 7.37. The smallest absolute Gasteiger partial charge is 0.0593 e. The van der Waals surface area contributed by atoms with Crippen LogP contribution < -0.4 is 5.32 Å². The van der Waals surface area contributed by atoms with Crippen LogP contribution in [0.25, 0.3) is 0 Å². The van der Waals surface area contributed by atoms with Crippen molar-refractivity contribution in [2.45, 2.75) is 6.42 Å². The Hall–Kier alpha value is -0.970. The Kier molecular flexibility index (Phi) is 5.42. The fraction of sp³-hybridized carbons (Fsp3) is 0.615. The van der Waals surface area contributed by atoms with Crippen molar-refractivity contribution in [3.05, 3.63) is 30.1 Å². The highest BCUT2D eigenvalue weighted by molar-refractivity contribution is 5.03. The molecule has 2 heterocycles. The second-order valence-electron chi connectivity index (χ2n) is 4.28. The summed E-state index contributed by atoms with van der Waals surface area (Å²) in [5.74, 6) is 0. The Morgan fingerprint density at radius 1 is 1.24 bits per heavy atom. The Labute approximate surface area is 103 Å². The van der Waals surface area contributed by atoms with Gasteiger partial charge >= 0.3 is 0 Å². The van der Waals surface area contributed by atoms with Crippen LogP contribution in [0, 0.1) is 0 Å². The lowest BCUT2D eigenvalue weighted by atomic mass is 10.3. The van der Waals surface area contributed by atoms with E-state index < -0.39 is 0 Å². The van der Waals surface area contributed by atoms with Gasteiger partial charge in [0.2, 0.25) is 0 Å². The highest BCUT2D eigenvalue weighted by Gasteiger charge is 2.08. The van der Waals surface area contributed by atoms with Crippen molar-refractivity contribution in [3.63, 3.8) is 0 Å². The van der Waals surface area contributed by atoms with E-state index in [-0.39, 0.29) is 0 Å². The van der Waals surface area contributed by atoms with E-state index in [1.54, 1.807) is 0 Å². The fourth-order valence-corrected chi connectivity index (χ4v) is 1.95. The van der Waals surface area contributed by atoms with E-state index in [4.69, 9.17) is 4.74 Å². The first-order valence-electron chi connectivity index (χ1n) is 6.36. The maximum absolute atomic E-state index is 5.64. The summed E-state index contributed by atoms with van der Waals surface area (Å²) in [5.41, 5.74) is 1.11. The molecular weight excluding hydrogens is 214 g/mol. The summed E-state index contributed by atoms with van der Waals surface area (Å²) in [7, 11) is 0. The molecule has 0 saturated carbocycles. The lowest BCUT2D eigenvalue weighted by Crippen LogP contribution is -2.44. The summed E-state index contributed by atoms with van der Waals surface area (Å²) in [6.07, 6.45) is 2.73. The number of aromatic nitrogens is 1. The molecule has 0 radical (unpaired) electrons. The third-order valence-corrected chi connectivity index (χ3v) is 2.99. The van der Waals surface area contributed by atoms with Gasteiger partial charge in [0, 0.05) is 51.0 Å².